The molecular formula is C20H27N7O4S2. The molecule has 0 fully saturated rings. The van der Waals surface area contributed by atoms with Crippen molar-refractivity contribution in [2.45, 2.75) is 30.4 Å². The summed E-state index contributed by atoms with van der Waals surface area (Å²) in [5.41, 5.74) is 7.86. The Kier molecular flexibility index (Phi) is 6.54. The highest BCUT2D eigenvalue weighted by atomic mass is 32.2. The number of rotatable bonds is 9. The normalized spacial score (nSPS) is 13.2. The van der Waals surface area contributed by atoms with Gasteiger partial charge in [0.25, 0.3) is 0 Å². The van der Waals surface area contributed by atoms with E-state index in [4.69, 9.17) is 15.2 Å². The van der Waals surface area contributed by atoms with Crippen LogP contribution in [0.25, 0.3) is 11.2 Å². The number of ether oxygens (including phenoxy) is 2. The van der Waals surface area contributed by atoms with Crippen LogP contribution in [0.5, 0.6) is 11.5 Å². The second kappa shape index (κ2) is 9.23. The maximum atomic E-state index is 12.5. The van der Waals surface area contributed by atoms with Crippen LogP contribution in [-0.2, 0) is 16.6 Å². The molecule has 4 rings (SSSR count). The zero-order valence-corrected chi connectivity index (χ0v) is 20.5. The quantitative estimate of drug-likeness (QED) is 0.455. The van der Waals surface area contributed by atoms with E-state index in [-0.39, 0.29) is 30.8 Å². The van der Waals surface area contributed by atoms with Gasteiger partial charge in [0.05, 0.1) is 11.4 Å². The van der Waals surface area contributed by atoms with Crippen molar-refractivity contribution in [3.8, 4) is 11.5 Å². The highest BCUT2D eigenvalue weighted by Gasteiger charge is 2.23. The Morgan fingerprint density at radius 2 is 1.97 bits per heavy atom. The van der Waals surface area contributed by atoms with Gasteiger partial charge in [0.15, 0.2) is 33.6 Å². The average Bonchev–Trinajstić information content (AvgIpc) is 3.35. The van der Waals surface area contributed by atoms with Crippen LogP contribution < -0.4 is 24.8 Å². The van der Waals surface area contributed by atoms with Gasteiger partial charge < -0.3 is 24.7 Å². The lowest BCUT2D eigenvalue weighted by molar-refractivity contribution is 0.174. The Morgan fingerprint density at radius 3 is 2.67 bits per heavy atom. The molecule has 0 saturated heterocycles. The van der Waals surface area contributed by atoms with Gasteiger partial charge in [-0.1, -0.05) is 13.8 Å². The fourth-order valence-corrected chi connectivity index (χ4v) is 5.52. The largest absolute Gasteiger partial charge is 0.454 e. The lowest BCUT2D eigenvalue weighted by Gasteiger charge is -2.18. The van der Waals surface area contributed by atoms with E-state index in [1.165, 1.54) is 18.1 Å². The Hall–Kier alpha value is -2.77. The number of aromatic nitrogens is 4. The van der Waals surface area contributed by atoms with E-state index in [2.05, 4.69) is 19.7 Å². The highest BCUT2D eigenvalue weighted by molar-refractivity contribution is 7.99. The van der Waals surface area contributed by atoms with Crippen LogP contribution in [0, 0.1) is 5.92 Å². The molecule has 0 radical (unpaired) electrons. The van der Waals surface area contributed by atoms with E-state index in [9.17, 15) is 8.42 Å². The Balaban J connectivity index is 1.71. The third-order valence-corrected chi connectivity index (χ3v) is 7.33. The number of hydrogen-bond acceptors (Lipinski definition) is 10. The van der Waals surface area contributed by atoms with Gasteiger partial charge >= 0.3 is 0 Å². The minimum atomic E-state index is -3.48. The zero-order valence-electron chi connectivity index (χ0n) is 18.9. The summed E-state index contributed by atoms with van der Waals surface area (Å²) >= 11 is 1.37. The predicted molar refractivity (Wildman–Crippen MR) is 127 cm³/mol. The van der Waals surface area contributed by atoms with Gasteiger partial charge in [-0.15, -0.1) is 0 Å². The van der Waals surface area contributed by atoms with Crippen LogP contribution in [0.15, 0.2) is 28.5 Å². The first-order valence-electron chi connectivity index (χ1n) is 10.4. The topological polar surface area (TPSA) is 137 Å². The number of anilines is 2. The first kappa shape index (κ1) is 23.4. The lowest BCUT2D eigenvalue weighted by Crippen LogP contribution is -2.31. The van der Waals surface area contributed by atoms with Gasteiger partial charge in [-0.3, -0.25) is 0 Å². The van der Waals surface area contributed by atoms with E-state index < -0.39 is 10.0 Å². The molecule has 0 saturated carbocycles. The summed E-state index contributed by atoms with van der Waals surface area (Å²) in [4.78, 5) is 15.8. The number of nitrogens with zero attached hydrogens (tertiary/aromatic N) is 5. The first-order chi connectivity index (χ1) is 15.6. The predicted octanol–water partition coefficient (Wildman–Crippen LogP) is 1.93. The molecule has 0 spiro atoms. The van der Waals surface area contributed by atoms with Gasteiger partial charge in [-0.05, 0) is 17.7 Å². The number of nitrogens with one attached hydrogen (secondary N) is 1. The number of imidazole rings is 1. The molecule has 11 nitrogen and oxygen atoms in total. The monoisotopic (exact) mass is 493 g/mol. The summed E-state index contributed by atoms with van der Waals surface area (Å²) in [6.45, 7) is 4.61. The fourth-order valence-electron chi connectivity index (χ4n) is 3.23. The molecule has 2 aromatic heterocycles. The molecule has 0 bridgehead atoms. The third-order valence-electron chi connectivity index (χ3n) is 4.96. The number of aryl methyl sites for hydroxylation is 1. The fraction of sp³-hybridized carbons (Fsp3) is 0.450. The number of hydrogen-bond donors (Lipinski definition) is 2. The molecule has 178 valence electrons. The number of fused-ring (bicyclic) bond motifs is 2. The standard InChI is InChI=1S/C20H27N7O4S2/c1-12(2)9-24-33(28,29)6-5-27-19-17(18(21)22-10-23-19)25-20(27)32-16-8-15-14(30-11-31-15)7-13(16)26(3)4/h7-8,10,12,24H,5-6,9,11H2,1-4H3,(H2,21,22,23). The number of sulfonamides is 1. The van der Waals surface area contributed by atoms with Crippen LogP contribution in [0.2, 0.25) is 0 Å². The van der Waals surface area contributed by atoms with Gasteiger partial charge in [0.1, 0.15) is 6.33 Å². The van der Waals surface area contributed by atoms with Crippen LogP contribution in [0.4, 0.5) is 11.5 Å². The Morgan fingerprint density at radius 1 is 1.24 bits per heavy atom. The van der Waals surface area contributed by atoms with E-state index >= 15 is 0 Å². The van der Waals surface area contributed by atoms with Crippen molar-refractivity contribution >= 4 is 44.5 Å². The van der Waals surface area contributed by atoms with Crippen molar-refractivity contribution in [1.82, 2.24) is 24.2 Å². The summed E-state index contributed by atoms with van der Waals surface area (Å²) in [5.74, 6) is 1.65. The van der Waals surface area contributed by atoms with Crippen LogP contribution >= 0.6 is 11.8 Å². The molecule has 3 N–H and O–H groups in total. The Labute approximate surface area is 196 Å². The number of nitrogens with two attached hydrogens (primary N) is 1. The maximum absolute atomic E-state index is 12.5. The summed E-state index contributed by atoms with van der Waals surface area (Å²) in [6, 6.07) is 3.80. The summed E-state index contributed by atoms with van der Waals surface area (Å²) in [5, 5.41) is 0.554. The Bertz CT molecular complexity index is 1280. The van der Waals surface area contributed by atoms with E-state index in [1.807, 2.05) is 45.0 Å². The van der Waals surface area contributed by atoms with Gasteiger partial charge in [0, 0.05) is 44.2 Å². The van der Waals surface area contributed by atoms with Crippen molar-refractivity contribution in [2.75, 3.05) is 43.8 Å². The molecule has 33 heavy (non-hydrogen) atoms. The van der Waals surface area contributed by atoms with Crippen molar-refractivity contribution < 1.29 is 17.9 Å². The molecule has 0 amide bonds. The third kappa shape index (κ3) is 5.09. The van der Waals surface area contributed by atoms with Gasteiger partial charge in [0.2, 0.25) is 16.8 Å². The smallest absolute Gasteiger partial charge is 0.231 e. The van der Waals surface area contributed by atoms with Gasteiger partial charge in [-0.25, -0.2) is 28.1 Å². The second-order valence-corrected chi connectivity index (χ2v) is 11.1. The lowest BCUT2D eigenvalue weighted by atomic mass is 10.2. The van der Waals surface area contributed by atoms with E-state index in [0.717, 1.165) is 10.6 Å². The summed E-state index contributed by atoms with van der Waals surface area (Å²) in [7, 11) is 0.385. The first-order valence-corrected chi connectivity index (χ1v) is 12.8. The summed E-state index contributed by atoms with van der Waals surface area (Å²) < 4.78 is 40.5. The molecule has 1 aromatic carbocycles. The second-order valence-electron chi connectivity index (χ2n) is 8.21. The van der Waals surface area contributed by atoms with E-state index in [1.54, 1.807) is 4.57 Å². The minimum Gasteiger partial charge on any atom is -0.454 e. The van der Waals surface area contributed by atoms with Crippen molar-refractivity contribution in [3.05, 3.63) is 18.5 Å². The number of benzene rings is 1. The molecule has 3 aromatic rings. The van der Waals surface area contributed by atoms with Crippen LogP contribution in [0.3, 0.4) is 0 Å². The van der Waals surface area contributed by atoms with Crippen molar-refractivity contribution in [3.63, 3.8) is 0 Å². The minimum absolute atomic E-state index is 0.121. The molecule has 0 unspecified atom stereocenters. The molecule has 13 heteroatoms. The van der Waals surface area contributed by atoms with Crippen molar-refractivity contribution in [1.29, 1.82) is 0 Å². The van der Waals surface area contributed by atoms with E-state index in [0.29, 0.717) is 34.4 Å². The number of nitrogen functional groups attached to an aromatic ring is 1. The van der Waals surface area contributed by atoms with Crippen molar-refractivity contribution in [2.24, 2.45) is 5.92 Å². The molecular weight excluding hydrogens is 466 g/mol. The molecule has 0 atom stereocenters. The maximum Gasteiger partial charge on any atom is 0.231 e. The molecule has 1 aliphatic rings. The van der Waals surface area contributed by atoms with Crippen LogP contribution in [0.1, 0.15) is 13.8 Å². The van der Waals surface area contributed by atoms with Crippen LogP contribution in [-0.4, -0.2) is 61.1 Å². The van der Waals surface area contributed by atoms with Gasteiger partial charge in [-0.2, -0.15) is 0 Å². The average molecular weight is 494 g/mol. The zero-order chi connectivity index (χ0) is 23.8. The highest BCUT2D eigenvalue weighted by Crippen LogP contribution is 2.44. The summed E-state index contributed by atoms with van der Waals surface area (Å²) in [6.07, 6.45) is 1.35. The molecule has 1 aliphatic heterocycles. The molecule has 0 aliphatic carbocycles. The SMILES string of the molecule is CC(C)CNS(=O)(=O)CCn1c(Sc2cc3c(cc2N(C)C)OCO3)nc2c(N)ncnc21. The molecule has 3 heterocycles.